The van der Waals surface area contributed by atoms with Gasteiger partial charge in [0.2, 0.25) is 5.91 Å². The normalized spacial score (nSPS) is 33.1. The second kappa shape index (κ2) is 4.85. The van der Waals surface area contributed by atoms with Crippen LogP contribution in [0.15, 0.2) is 0 Å². The summed E-state index contributed by atoms with van der Waals surface area (Å²) < 4.78 is 5.17. The number of carboxylic acid groups (broad SMARTS) is 1. The first kappa shape index (κ1) is 13.3. The van der Waals surface area contributed by atoms with E-state index in [4.69, 9.17) is 10.5 Å². The van der Waals surface area contributed by atoms with Gasteiger partial charge in [-0.15, -0.1) is 0 Å². The zero-order chi connectivity index (χ0) is 13.3. The van der Waals surface area contributed by atoms with E-state index in [9.17, 15) is 14.7 Å². The van der Waals surface area contributed by atoms with E-state index < -0.39 is 23.5 Å². The lowest BCUT2D eigenvalue weighted by Crippen LogP contribution is -2.53. The average Bonchev–Trinajstić information content (AvgIpc) is 3.03. The van der Waals surface area contributed by atoms with Gasteiger partial charge in [0, 0.05) is 0 Å². The highest BCUT2D eigenvalue weighted by atomic mass is 16.5. The molecule has 1 amide bonds. The summed E-state index contributed by atoms with van der Waals surface area (Å²) >= 11 is 0. The lowest BCUT2D eigenvalue weighted by molar-refractivity contribution is -0.149. The van der Waals surface area contributed by atoms with Crippen molar-refractivity contribution in [1.82, 2.24) is 5.32 Å². The molecule has 6 nitrogen and oxygen atoms in total. The standard InChI is InChI=1S/C12H20N2O4/c1-12(11(16)17)6-18-5-9(12)14-10(15)8(13)4-7-2-3-7/h7-9H,2-6,13H2,1H3,(H,14,15)(H,16,17)/t8-,9?,12?/m0/s1. The Morgan fingerprint density at radius 3 is 2.78 bits per heavy atom. The Bertz CT molecular complexity index is 356. The van der Waals surface area contributed by atoms with Gasteiger partial charge in [-0.05, 0) is 19.3 Å². The molecule has 0 spiro atoms. The third-order valence-corrected chi connectivity index (χ3v) is 3.88. The van der Waals surface area contributed by atoms with E-state index in [1.807, 2.05) is 0 Å². The maximum Gasteiger partial charge on any atom is 0.313 e. The summed E-state index contributed by atoms with van der Waals surface area (Å²) in [6.07, 6.45) is 2.96. The van der Waals surface area contributed by atoms with E-state index in [-0.39, 0.29) is 19.1 Å². The van der Waals surface area contributed by atoms with Crippen LogP contribution in [0.4, 0.5) is 0 Å². The monoisotopic (exact) mass is 256 g/mol. The molecule has 0 bridgehead atoms. The van der Waals surface area contributed by atoms with Crippen LogP contribution >= 0.6 is 0 Å². The second-order valence-corrected chi connectivity index (χ2v) is 5.58. The number of carbonyl (C=O) groups is 2. The second-order valence-electron chi connectivity index (χ2n) is 5.58. The Kier molecular flexibility index (Phi) is 3.59. The van der Waals surface area contributed by atoms with Crippen molar-refractivity contribution >= 4 is 11.9 Å². The highest BCUT2D eigenvalue weighted by Crippen LogP contribution is 2.33. The van der Waals surface area contributed by atoms with Gasteiger partial charge in [-0.25, -0.2) is 0 Å². The predicted molar refractivity (Wildman–Crippen MR) is 63.8 cm³/mol. The quantitative estimate of drug-likeness (QED) is 0.628. The minimum Gasteiger partial charge on any atom is -0.481 e. The van der Waals surface area contributed by atoms with Gasteiger partial charge in [0.25, 0.3) is 0 Å². The van der Waals surface area contributed by atoms with Crippen molar-refractivity contribution in [2.45, 2.75) is 38.3 Å². The van der Waals surface area contributed by atoms with Crippen LogP contribution in [0.5, 0.6) is 0 Å². The highest BCUT2D eigenvalue weighted by molar-refractivity contribution is 5.83. The fraction of sp³-hybridized carbons (Fsp3) is 0.833. The van der Waals surface area contributed by atoms with E-state index in [1.54, 1.807) is 6.92 Å². The van der Waals surface area contributed by atoms with Gasteiger partial charge in [-0.1, -0.05) is 12.8 Å². The van der Waals surface area contributed by atoms with Crippen LogP contribution in [0.3, 0.4) is 0 Å². The Labute approximate surface area is 106 Å². The van der Waals surface area contributed by atoms with Crippen LogP contribution in [-0.4, -0.2) is 42.3 Å². The van der Waals surface area contributed by atoms with Crippen LogP contribution in [0.2, 0.25) is 0 Å². The van der Waals surface area contributed by atoms with Gasteiger partial charge in [-0.3, -0.25) is 9.59 Å². The molecule has 18 heavy (non-hydrogen) atoms. The van der Waals surface area contributed by atoms with Crippen LogP contribution in [0.25, 0.3) is 0 Å². The predicted octanol–water partition coefficient (Wildman–Crippen LogP) is -0.280. The molecule has 1 aliphatic heterocycles. The number of aliphatic carboxylic acids is 1. The molecule has 1 saturated carbocycles. The molecule has 2 unspecified atom stereocenters. The number of nitrogens with two attached hydrogens (primary N) is 1. The molecule has 0 aromatic heterocycles. The summed E-state index contributed by atoms with van der Waals surface area (Å²) in [5, 5.41) is 11.9. The van der Waals surface area contributed by atoms with Crippen LogP contribution in [0.1, 0.15) is 26.2 Å². The number of hydrogen-bond acceptors (Lipinski definition) is 4. The first-order valence-corrected chi connectivity index (χ1v) is 6.30. The van der Waals surface area contributed by atoms with Gasteiger partial charge in [-0.2, -0.15) is 0 Å². The largest absolute Gasteiger partial charge is 0.481 e. The highest BCUT2D eigenvalue weighted by Gasteiger charge is 2.47. The topological polar surface area (TPSA) is 102 Å². The van der Waals surface area contributed by atoms with E-state index >= 15 is 0 Å². The van der Waals surface area contributed by atoms with Crippen LogP contribution in [-0.2, 0) is 14.3 Å². The molecule has 1 aliphatic carbocycles. The van der Waals surface area contributed by atoms with Gasteiger partial charge in [0.1, 0.15) is 5.41 Å². The van der Waals surface area contributed by atoms with E-state index in [0.717, 1.165) is 12.8 Å². The van der Waals surface area contributed by atoms with E-state index in [2.05, 4.69) is 5.32 Å². The molecule has 3 atom stereocenters. The molecule has 1 heterocycles. The smallest absolute Gasteiger partial charge is 0.313 e. The Hall–Kier alpha value is -1.14. The molecule has 0 radical (unpaired) electrons. The molecule has 0 aromatic rings. The Balaban J connectivity index is 1.91. The summed E-state index contributed by atoms with van der Waals surface area (Å²) in [5.74, 6) is -0.664. The number of ether oxygens (including phenoxy) is 1. The van der Waals surface area contributed by atoms with Gasteiger partial charge in [0.15, 0.2) is 0 Å². The summed E-state index contributed by atoms with van der Waals surface area (Å²) in [4.78, 5) is 23.1. The third kappa shape index (κ3) is 2.64. The molecule has 2 fully saturated rings. The summed E-state index contributed by atoms with van der Waals surface area (Å²) in [7, 11) is 0. The van der Waals surface area contributed by atoms with Gasteiger partial charge < -0.3 is 20.9 Å². The number of carbonyl (C=O) groups excluding carboxylic acids is 1. The molecule has 1 saturated heterocycles. The van der Waals surface area contributed by atoms with Crippen molar-refractivity contribution in [3.63, 3.8) is 0 Å². The van der Waals surface area contributed by atoms with Crippen molar-refractivity contribution in [3.05, 3.63) is 0 Å². The number of amides is 1. The lowest BCUT2D eigenvalue weighted by Gasteiger charge is -2.26. The van der Waals surface area contributed by atoms with Crippen LogP contribution < -0.4 is 11.1 Å². The molecule has 0 aromatic carbocycles. The van der Waals surface area contributed by atoms with Gasteiger partial charge in [0.05, 0.1) is 25.3 Å². The number of hydrogen-bond donors (Lipinski definition) is 3. The molecular formula is C12H20N2O4. The van der Waals surface area contributed by atoms with Gasteiger partial charge >= 0.3 is 5.97 Å². The van der Waals surface area contributed by atoms with Crippen LogP contribution in [0, 0.1) is 11.3 Å². The first-order chi connectivity index (χ1) is 8.43. The van der Waals surface area contributed by atoms with E-state index in [1.165, 1.54) is 0 Å². The SMILES string of the molecule is CC1(C(=O)O)COCC1NC(=O)[C@@H](N)CC1CC1. The maximum atomic E-state index is 11.9. The molecule has 6 heteroatoms. The van der Waals surface area contributed by atoms with Crippen molar-refractivity contribution in [3.8, 4) is 0 Å². The van der Waals surface area contributed by atoms with Crippen molar-refractivity contribution in [1.29, 1.82) is 0 Å². The molecule has 2 rings (SSSR count). The lowest BCUT2D eigenvalue weighted by atomic mass is 9.85. The minimum absolute atomic E-state index is 0.116. The maximum absolute atomic E-state index is 11.9. The number of carboxylic acids is 1. The third-order valence-electron chi connectivity index (χ3n) is 3.88. The zero-order valence-electron chi connectivity index (χ0n) is 10.5. The first-order valence-electron chi connectivity index (χ1n) is 6.30. The minimum atomic E-state index is -1.06. The fourth-order valence-electron chi connectivity index (χ4n) is 2.18. The molecule has 4 N–H and O–H groups in total. The summed E-state index contributed by atoms with van der Waals surface area (Å²) in [6.45, 7) is 1.93. The number of rotatable bonds is 5. The van der Waals surface area contributed by atoms with Crippen molar-refractivity contribution in [2.24, 2.45) is 17.1 Å². The fourth-order valence-corrected chi connectivity index (χ4v) is 2.18. The molecular weight excluding hydrogens is 236 g/mol. The van der Waals surface area contributed by atoms with E-state index in [0.29, 0.717) is 12.3 Å². The average molecular weight is 256 g/mol. The summed E-state index contributed by atoms with van der Waals surface area (Å²) in [5.41, 5.74) is 4.74. The Morgan fingerprint density at radius 1 is 1.56 bits per heavy atom. The zero-order valence-corrected chi connectivity index (χ0v) is 10.5. The van der Waals surface area contributed by atoms with Crippen molar-refractivity contribution < 1.29 is 19.4 Å². The Morgan fingerprint density at radius 2 is 2.22 bits per heavy atom. The molecule has 2 aliphatic rings. The summed E-state index contributed by atoms with van der Waals surface area (Å²) in [6, 6.07) is -1.05. The van der Waals surface area contributed by atoms with Crippen molar-refractivity contribution in [2.75, 3.05) is 13.2 Å². The number of nitrogens with one attached hydrogen (secondary N) is 1. The molecule has 102 valence electrons.